The van der Waals surface area contributed by atoms with E-state index in [9.17, 15) is 14.0 Å². The molecule has 0 aliphatic rings. The Hall–Kier alpha value is -3.02. The van der Waals surface area contributed by atoms with Gasteiger partial charge in [-0.2, -0.15) is 0 Å². The first kappa shape index (κ1) is 16.8. The quantitative estimate of drug-likeness (QED) is 0.777. The number of halogens is 1. The molecule has 1 aromatic heterocycles. The van der Waals surface area contributed by atoms with Crippen molar-refractivity contribution in [2.45, 2.75) is 25.9 Å². The van der Waals surface area contributed by atoms with E-state index in [0.29, 0.717) is 10.9 Å². The third-order valence-electron chi connectivity index (χ3n) is 4.06. The van der Waals surface area contributed by atoms with E-state index in [4.69, 9.17) is 0 Å². The Morgan fingerprint density at radius 1 is 1.20 bits per heavy atom. The van der Waals surface area contributed by atoms with Crippen LogP contribution in [0.5, 0.6) is 0 Å². The van der Waals surface area contributed by atoms with E-state index in [0.717, 1.165) is 5.56 Å². The minimum atomic E-state index is -0.314. The molecule has 1 amide bonds. The van der Waals surface area contributed by atoms with Crippen LogP contribution in [-0.2, 0) is 11.3 Å². The molecular formula is C19H18FN3O2. The molecule has 0 aliphatic carbocycles. The molecule has 1 N–H and O–H groups in total. The summed E-state index contributed by atoms with van der Waals surface area (Å²) in [5.41, 5.74) is 1.29. The van der Waals surface area contributed by atoms with Crippen molar-refractivity contribution in [2.75, 3.05) is 0 Å². The lowest BCUT2D eigenvalue weighted by Crippen LogP contribution is -2.29. The van der Waals surface area contributed by atoms with Crippen molar-refractivity contribution in [3.63, 3.8) is 0 Å². The van der Waals surface area contributed by atoms with E-state index in [1.165, 1.54) is 23.0 Å². The number of amides is 1. The smallest absolute Gasteiger partial charge is 0.261 e. The molecule has 6 heteroatoms. The van der Waals surface area contributed by atoms with Gasteiger partial charge in [-0.05, 0) is 36.8 Å². The SMILES string of the molecule is CC(NC(=O)CCn1cnc2ccccc2c1=O)c1ccc(F)cc1. The summed E-state index contributed by atoms with van der Waals surface area (Å²) < 4.78 is 14.4. The first-order valence-corrected chi connectivity index (χ1v) is 8.03. The lowest BCUT2D eigenvalue weighted by atomic mass is 10.1. The number of carbonyl (C=O) groups is 1. The van der Waals surface area contributed by atoms with Crippen LogP contribution >= 0.6 is 0 Å². The molecule has 25 heavy (non-hydrogen) atoms. The number of para-hydroxylation sites is 1. The fraction of sp³-hybridized carbons (Fsp3) is 0.211. The highest BCUT2D eigenvalue weighted by atomic mass is 19.1. The normalized spacial score (nSPS) is 12.1. The zero-order valence-electron chi connectivity index (χ0n) is 13.8. The zero-order valence-corrected chi connectivity index (χ0v) is 13.8. The number of rotatable bonds is 5. The topological polar surface area (TPSA) is 64.0 Å². The van der Waals surface area contributed by atoms with Gasteiger partial charge in [0.25, 0.3) is 5.56 Å². The lowest BCUT2D eigenvalue weighted by Gasteiger charge is -2.14. The first-order chi connectivity index (χ1) is 12.0. The van der Waals surface area contributed by atoms with Crippen molar-refractivity contribution in [2.24, 2.45) is 0 Å². The molecule has 5 nitrogen and oxygen atoms in total. The number of nitrogens with zero attached hydrogens (tertiary/aromatic N) is 2. The Morgan fingerprint density at radius 2 is 1.92 bits per heavy atom. The van der Waals surface area contributed by atoms with Crippen LogP contribution in [0.3, 0.4) is 0 Å². The Bertz CT molecular complexity index is 951. The van der Waals surface area contributed by atoms with Gasteiger partial charge in [-0.15, -0.1) is 0 Å². The van der Waals surface area contributed by atoms with Crippen LogP contribution in [0.2, 0.25) is 0 Å². The van der Waals surface area contributed by atoms with Gasteiger partial charge in [0, 0.05) is 13.0 Å². The number of hydrogen-bond acceptors (Lipinski definition) is 3. The zero-order chi connectivity index (χ0) is 17.8. The van der Waals surface area contributed by atoms with E-state index >= 15 is 0 Å². The lowest BCUT2D eigenvalue weighted by molar-refractivity contribution is -0.121. The summed E-state index contributed by atoms with van der Waals surface area (Å²) in [4.78, 5) is 28.7. The van der Waals surface area contributed by atoms with Crippen molar-refractivity contribution >= 4 is 16.8 Å². The van der Waals surface area contributed by atoms with Crippen molar-refractivity contribution in [1.29, 1.82) is 0 Å². The van der Waals surface area contributed by atoms with Crippen LogP contribution < -0.4 is 10.9 Å². The van der Waals surface area contributed by atoms with Crippen LogP contribution in [0.4, 0.5) is 4.39 Å². The number of aromatic nitrogens is 2. The second-order valence-electron chi connectivity index (χ2n) is 5.85. The molecule has 0 spiro atoms. The Balaban J connectivity index is 1.63. The van der Waals surface area contributed by atoms with E-state index in [1.54, 1.807) is 30.3 Å². The maximum atomic E-state index is 12.9. The average Bonchev–Trinajstić information content (AvgIpc) is 2.62. The molecule has 3 rings (SSSR count). The molecular weight excluding hydrogens is 321 g/mol. The number of benzene rings is 2. The summed E-state index contributed by atoms with van der Waals surface area (Å²) in [7, 11) is 0. The summed E-state index contributed by atoms with van der Waals surface area (Å²) in [5, 5.41) is 3.38. The third kappa shape index (κ3) is 3.91. The van der Waals surface area contributed by atoms with Crippen LogP contribution in [0.25, 0.3) is 10.9 Å². The van der Waals surface area contributed by atoms with E-state index in [-0.39, 0.29) is 36.3 Å². The number of nitrogens with one attached hydrogen (secondary N) is 1. The summed E-state index contributed by atoms with van der Waals surface area (Å²) in [6.07, 6.45) is 1.62. The predicted molar refractivity (Wildman–Crippen MR) is 93.6 cm³/mol. The van der Waals surface area contributed by atoms with Gasteiger partial charge < -0.3 is 5.32 Å². The summed E-state index contributed by atoms with van der Waals surface area (Å²) in [6.45, 7) is 2.08. The highest BCUT2D eigenvalue weighted by Gasteiger charge is 2.11. The number of fused-ring (bicyclic) bond motifs is 1. The molecule has 1 unspecified atom stereocenters. The van der Waals surface area contributed by atoms with Gasteiger partial charge in [0.2, 0.25) is 5.91 Å². The molecule has 3 aromatic rings. The van der Waals surface area contributed by atoms with E-state index in [2.05, 4.69) is 10.3 Å². The maximum Gasteiger partial charge on any atom is 0.261 e. The van der Waals surface area contributed by atoms with Crippen LogP contribution in [0, 0.1) is 5.82 Å². The fourth-order valence-corrected chi connectivity index (χ4v) is 2.64. The molecule has 0 saturated heterocycles. The molecule has 0 saturated carbocycles. The molecule has 1 atom stereocenters. The maximum absolute atomic E-state index is 12.9. The number of hydrogen-bond donors (Lipinski definition) is 1. The highest BCUT2D eigenvalue weighted by Crippen LogP contribution is 2.13. The van der Waals surface area contributed by atoms with Gasteiger partial charge in [-0.3, -0.25) is 14.2 Å². The predicted octanol–water partition coefficient (Wildman–Crippen LogP) is 2.80. The van der Waals surface area contributed by atoms with E-state index in [1.807, 2.05) is 13.0 Å². The van der Waals surface area contributed by atoms with Gasteiger partial charge in [0.1, 0.15) is 5.82 Å². The van der Waals surface area contributed by atoms with Crippen molar-refractivity contribution in [3.8, 4) is 0 Å². The van der Waals surface area contributed by atoms with E-state index < -0.39 is 0 Å². The van der Waals surface area contributed by atoms with Gasteiger partial charge in [0.15, 0.2) is 0 Å². The summed E-state index contributed by atoms with van der Waals surface area (Å²) in [6, 6.07) is 12.9. The largest absolute Gasteiger partial charge is 0.350 e. The van der Waals surface area contributed by atoms with Crippen molar-refractivity contribution < 1.29 is 9.18 Å². The molecule has 0 bridgehead atoms. The fourth-order valence-electron chi connectivity index (χ4n) is 2.64. The average molecular weight is 339 g/mol. The van der Waals surface area contributed by atoms with Gasteiger partial charge in [-0.25, -0.2) is 9.37 Å². The van der Waals surface area contributed by atoms with Crippen LogP contribution in [0.15, 0.2) is 59.7 Å². The second-order valence-corrected chi connectivity index (χ2v) is 5.85. The van der Waals surface area contributed by atoms with Gasteiger partial charge in [-0.1, -0.05) is 24.3 Å². The number of aryl methyl sites for hydroxylation is 1. The summed E-state index contributed by atoms with van der Waals surface area (Å²) >= 11 is 0. The Kier molecular flexibility index (Phi) is 4.88. The van der Waals surface area contributed by atoms with Crippen LogP contribution in [0.1, 0.15) is 24.9 Å². The molecule has 1 heterocycles. The minimum Gasteiger partial charge on any atom is -0.350 e. The highest BCUT2D eigenvalue weighted by molar-refractivity contribution is 5.77. The first-order valence-electron chi connectivity index (χ1n) is 8.03. The molecule has 0 fully saturated rings. The van der Waals surface area contributed by atoms with Crippen molar-refractivity contribution in [1.82, 2.24) is 14.9 Å². The van der Waals surface area contributed by atoms with Crippen molar-refractivity contribution in [3.05, 3.63) is 76.6 Å². The van der Waals surface area contributed by atoms with Gasteiger partial charge >= 0.3 is 0 Å². The standard InChI is InChI=1S/C19H18FN3O2/c1-13(14-6-8-15(20)9-7-14)22-18(24)10-11-23-12-21-17-5-3-2-4-16(17)19(23)25/h2-9,12-13H,10-11H2,1H3,(H,22,24). The van der Waals surface area contributed by atoms with Crippen LogP contribution in [-0.4, -0.2) is 15.5 Å². The molecule has 0 radical (unpaired) electrons. The molecule has 2 aromatic carbocycles. The third-order valence-corrected chi connectivity index (χ3v) is 4.06. The molecule has 128 valence electrons. The Labute approximate surface area is 144 Å². The van der Waals surface area contributed by atoms with Gasteiger partial charge in [0.05, 0.1) is 23.3 Å². The monoisotopic (exact) mass is 339 g/mol. The summed E-state index contributed by atoms with van der Waals surface area (Å²) in [5.74, 6) is -0.498. The minimum absolute atomic E-state index is 0.158. The molecule has 0 aliphatic heterocycles. The number of carbonyl (C=O) groups excluding carboxylic acids is 1. The second kappa shape index (κ2) is 7.25. The Morgan fingerprint density at radius 3 is 2.68 bits per heavy atom.